The molecule has 1 fully saturated rings. The van der Waals surface area contributed by atoms with Crippen LogP contribution in [0.15, 0.2) is 0 Å². The molecule has 1 saturated heterocycles. The van der Waals surface area contributed by atoms with Crippen molar-refractivity contribution in [2.45, 2.75) is 12.1 Å². The van der Waals surface area contributed by atoms with Crippen LogP contribution in [0.1, 0.15) is 0 Å². The molecular weight excluding hydrogens is 142 g/mol. The minimum Gasteiger partial charge on any atom is -0.353 e. The van der Waals surface area contributed by atoms with E-state index in [1.54, 1.807) is 0 Å². The summed E-state index contributed by atoms with van der Waals surface area (Å²) in [6, 6.07) is 0.660. The van der Waals surface area contributed by atoms with Crippen molar-refractivity contribution in [1.29, 1.82) is 0 Å². The van der Waals surface area contributed by atoms with Crippen LogP contribution < -0.4 is 10.6 Å². The second kappa shape index (κ2) is 3.69. The van der Waals surface area contributed by atoms with E-state index in [2.05, 4.69) is 22.6 Å². The van der Waals surface area contributed by atoms with E-state index in [-0.39, 0.29) is 6.04 Å². The lowest BCUT2D eigenvalue weighted by molar-refractivity contribution is -0.110. The Morgan fingerprint density at radius 1 is 1.45 bits per heavy atom. The van der Waals surface area contributed by atoms with Crippen molar-refractivity contribution in [1.82, 2.24) is 15.5 Å². The van der Waals surface area contributed by atoms with Gasteiger partial charge in [0.1, 0.15) is 0 Å². The fraction of sp³-hybridized carbons (Fsp3) is 0.857. The van der Waals surface area contributed by atoms with Gasteiger partial charge >= 0.3 is 0 Å². The average molecular weight is 157 g/mol. The Kier molecular flexibility index (Phi) is 2.84. The van der Waals surface area contributed by atoms with Crippen LogP contribution in [0.5, 0.6) is 0 Å². The molecule has 64 valence electrons. The van der Waals surface area contributed by atoms with Crippen LogP contribution in [0.2, 0.25) is 0 Å². The molecule has 2 atom stereocenters. The maximum atomic E-state index is 10.2. The predicted molar refractivity (Wildman–Crippen MR) is 43.3 cm³/mol. The Morgan fingerprint density at radius 2 is 2.09 bits per heavy atom. The zero-order valence-corrected chi connectivity index (χ0v) is 7.00. The van der Waals surface area contributed by atoms with E-state index in [0.717, 1.165) is 19.5 Å². The molecule has 0 aliphatic carbocycles. The van der Waals surface area contributed by atoms with Crippen molar-refractivity contribution >= 4 is 6.41 Å². The maximum Gasteiger partial charge on any atom is 0.207 e. The van der Waals surface area contributed by atoms with Crippen LogP contribution >= 0.6 is 0 Å². The molecule has 0 bridgehead atoms. The van der Waals surface area contributed by atoms with Crippen molar-refractivity contribution in [3.63, 3.8) is 0 Å². The monoisotopic (exact) mass is 157 g/mol. The second-order valence-electron chi connectivity index (χ2n) is 3.01. The van der Waals surface area contributed by atoms with Gasteiger partial charge in [-0.25, -0.2) is 0 Å². The number of rotatable bonds is 3. The van der Waals surface area contributed by atoms with E-state index >= 15 is 0 Å². The van der Waals surface area contributed by atoms with Gasteiger partial charge in [-0.05, 0) is 14.1 Å². The first-order valence-corrected chi connectivity index (χ1v) is 3.83. The van der Waals surface area contributed by atoms with E-state index in [1.165, 1.54) is 0 Å². The molecule has 2 unspecified atom stereocenters. The van der Waals surface area contributed by atoms with Crippen molar-refractivity contribution in [3.05, 3.63) is 0 Å². The number of likely N-dealkylation sites (N-methyl/N-ethyl adjacent to an activating group) is 2. The number of nitrogens with zero attached hydrogens (tertiary/aromatic N) is 1. The number of carbonyl (C=O) groups excluding carboxylic acids is 1. The van der Waals surface area contributed by atoms with Gasteiger partial charge in [-0.3, -0.25) is 4.79 Å². The molecule has 0 aromatic carbocycles. The minimum atomic E-state index is 0.266. The lowest BCUT2D eigenvalue weighted by Crippen LogP contribution is -2.45. The summed E-state index contributed by atoms with van der Waals surface area (Å²) in [5.74, 6) is 0. The van der Waals surface area contributed by atoms with Gasteiger partial charge in [-0.15, -0.1) is 0 Å². The Morgan fingerprint density at radius 3 is 2.64 bits per heavy atom. The number of carbonyl (C=O) groups is 1. The fourth-order valence-electron chi connectivity index (χ4n) is 1.55. The van der Waals surface area contributed by atoms with Crippen molar-refractivity contribution in [2.75, 3.05) is 27.2 Å². The van der Waals surface area contributed by atoms with Crippen molar-refractivity contribution < 1.29 is 4.79 Å². The first kappa shape index (κ1) is 8.49. The predicted octanol–water partition coefficient (Wildman–Crippen LogP) is -1.37. The lowest BCUT2D eigenvalue weighted by Gasteiger charge is -2.15. The van der Waals surface area contributed by atoms with E-state index in [0.29, 0.717) is 6.04 Å². The molecule has 0 radical (unpaired) electrons. The molecule has 4 nitrogen and oxygen atoms in total. The number of hydrogen-bond donors (Lipinski definition) is 2. The normalized spacial score (nSPS) is 32.2. The molecule has 0 saturated carbocycles. The van der Waals surface area contributed by atoms with Crippen LogP contribution in [0.25, 0.3) is 0 Å². The van der Waals surface area contributed by atoms with Crippen LogP contribution in [-0.2, 0) is 4.79 Å². The number of amides is 1. The topological polar surface area (TPSA) is 44.4 Å². The zero-order chi connectivity index (χ0) is 8.27. The van der Waals surface area contributed by atoms with Gasteiger partial charge in [0.2, 0.25) is 6.41 Å². The molecule has 1 heterocycles. The molecule has 1 rings (SSSR count). The van der Waals surface area contributed by atoms with Gasteiger partial charge in [-0.2, -0.15) is 0 Å². The standard InChI is InChI=1S/C7H15N3O/c1-8-6-3-10(2)4-7(6)9-5-11/h5-8H,3-4H2,1-2H3,(H,9,11). The summed E-state index contributed by atoms with van der Waals surface area (Å²) in [6.45, 7) is 1.94. The summed E-state index contributed by atoms with van der Waals surface area (Å²) >= 11 is 0. The quantitative estimate of drug-likeness (QED) is 0.497. The lowest BCUT2D eigenvalue weighted by atomic mass is 10.2. The smallest absolute Gasteiger partial charge is 0.207 e. The fourth-order valence-corrected chi connectivity index (χ4v) is 1.55. The first-order valence-electron chi connectivity index (χ1n) is 3.83. The van der Waals surface area contributed by atoms with Crippen LogP contribution in [-0.4, -0.2) is 50.6 Å². The molecule has 1 aliphatic heterocycles. The molecule has 11 heavy (non-hydrogen) atoms. The Hall–Kier alpha value is -0.610. The van der Waals surface area contributed by atoms with Gasteiger partial charge in [0.15, 0.2) is 0 Å². The van der Waals surface area contributed by atoms with Gasteiger partial charge < -0.3 is 15.5 Å². The summed E-state index contributed by atoms with van der Waals surface area (Å²) in [7, 11) is 3.97. The number of hydrogen-bond acceptors (Lipinski definition) is 3. The van der Waals surface area contributed by atoms with E-state index in [4.69, 9.17) is 0 Å². The van der Waals surface area contributed by atoms with Gasteiger partial charge in [0.25, 0.3) is 0 Å². The number of nitrogens with one attached hydrogen (secondary N) is 2. The third kappa shape index (κ3) is 1.91. The van der Waals surface area contributed by atoms with Gasteiger partial charge in [-0.1, -0.05) is 0 Å². The summed E-state index contributed by atoms with van der Waals surface area (Å²) in [6.07, 6.45) is 0.772. The van der Waals surface area contributed by atoms with E-state index < -0.39 is 0 Å². The molecular formula is C7H15N3O. The second-order valence-corrected chi connectivity index (χ2v) is 3.01. The zero-order valence-electron chi connectivity index (χ0n) is 7.00. The highest BCUT2D eigenvalue weighted by molar-refractivity contribution is 5.47. The Bertz CT molecular complexity index is 140. The van der Waals surface area contributed by atoms with E-state index in [1.807, 2.05) is 7.05 Å². The highest BCUT2D eigenvalue weighted by atomic mass is 16.1. The molecule has 4 heteroatoms. The highest BCUT2D eigenvalue weighted by Crippen LogP contribution is 2.06. The molecule has 0 aromatic rings. The molecule has 1 amide bonds. The van der Waals surface area contributed by atoms with Gasteiger partial charge in [0.05, 0.1) is 6.04 Å². The third-order valence-corrected chi connectivity index (χ3v) is 2.16. The van der Waals surface area contributed by atoms with Crippen LogP contribution in [0.3, 0.4) is 0 Å². The average Bonchev–Trinajstić information content (AvgIpc) is 2.32. The number of likely N-dealkylation sites (tertiary alicyclic amines) is 1. The van der Waals surface area contributed by atoms with Crippen molar-refractivity contribution in [2.24, 2.45) is 0 Å². The third-order valence-electron chi connectivity index (χ3n) is 2.16. The Balaban J connectivity index is 2.43. The maximum absolute atomic E-state index is 10.2. The SMILES string of the molecule is CNC1CN(C)CC1NC=O. The van der Waals surface area contributed by atoms with Gasteiger partial charge in [0, 0.05) is 19.1 Å². The molecule has 2 N–H and O–H groups in total. The molecule has 0 spiro atoms. The largest absolute Gasteiger partial charge is 0.353 e. The highest BCUT2D eigenvalue weighted by Gasteiger charge is 2.28. The van der Waals surface area contributed by atoms with Crippen molar-refractivity contribution in [3.8, 4) is 0 Å². The molecule has 0 aromatic heterocycles. The van der Waals surface area contributed by atoms with Crippen LogP contribution in [0, 0.1) is 0 Å². The van der Waals surface area contributed by atoms with Crippen LogP contribution in [0.4, 0.5) is 0 Å². The summed E-state index contributed by atoms with van der Waals surface area (Å²) in [5, 5.41) is 5.96. The summed E-state index contributed by atoms with van der Waals surface area (Å²) in [4.78, 5) is 12.4. The summed E-state index contributed by atoms with van der Waals surface area (Å²) in [5.41, 5.74) is 0. The Labute approximate surface area is 66.9 Å². The van der Waals surface area contributed by atoms with E-state index in [9.17, 15) is 4.79 Å². The first-order chi connectivity index (χ1) is 5.27. The molecule has 1 aliphatic rings. The summed E-state index contributed by atoms with van der Waals surface area (Å²) < 4.78 is 0. The minimum absolute atomic E-state index is 0.266.